The molecule has 0 radical (unpaired) electrons. The lowest BCUT2D eigenvalue weighted by Crippen LogP contribution is -2.32. The van der Waals surface area contributed by atoms with E-state index in [9.17, 15) is 18.0 Å². The number of amides is 2. The van der Waals surface area contributed by atoms with E-state index in [1.807, 2.05) is 0 Å². The third-order valence-electron chi connectivity index (χ3n) is 5.66. The number of nitrogens with zero attached hydrogens (tertiary/aromatic N) is 1. The first-order valence-electron chi connectivity index (χ1n) is 10.9. The fraction of sp³-hybridized carbons (Fsp3) is 0.455. The predicted molar refractivity (Wildman–Crippen MR) is 121 cm³/mol. The van der Waals surface area contributed by atoms with Gasteiger partial charge < -0.3 is 24.7 Å². The Morgan fingerprint density at radius 1 is 1.06 bits per heavy atom. The summed E-state index contributed by atoms with van der Waals surface area (Å²) in [5, 5.41) is 2.72. The molecule has 2 aliphatic heterocycles. The number of ether oxygens (including phenoxy) is 2. The molecular weight excluding hydrogens is 448 g/mol. The number of nitrogens with one attached hydrogen (secondary N) is 3. The van der Waals surface area contributed by atoms with Crippen LogP contribution in [0.1, 0.15) is 41.0 Å². The maximum atomic E-state index is 13.0. The number of hydrogen-bond donors (Lipinski definition) is 3. The number of sulfonamides is 1. The highest BCUT2D eigenvalue weighted by Gasteiger charge is 2.32. The Bertz CT molecular complexity index is 1170. The molecule has 33 heavy (non-hydrogen) atoms. The number of hydrogen-bond acceptors (Lipinski definition) is 6. The van der Waals surface area contributed by atoms with Crippen molar-refractivity contribution in [1.29, 1.82) is 0 Å². The molecule has 0 spiro atoms. The van der Waals surface area contributed by atoms with Gasteiger partial charge in [-0.2, -0.15) is 0 Å². The highest BCUT2D eigenvalue weighted by atomic mass is 32.2. The van der Waals surface area contributed by atoms with E-state index in [0.717, 1.165) is 12.8 Å². The van der Waals surface area contributed by atoms with Gasteiger partial charge in [-0.3, -0.25) is 9.59 Å². The lowest BCUT2D eigenvalue weighted by atomic mass is 10.2. The predicted octanol–water partition coefficient (Wildman–Crippen LogP) is 1.95. The van der Waals surface area contributed by atoms with E-state index in [-0.39, 0.29) is 35.2 Å². The van der Waals surface area contributed by atoms with Crippen LogP contribution < -0.4 is 19.5 Å². The average Bonchev–Trinajstić information content (AvgIpc) is 3.41. The minimum absolute atomic E-state index is 0.0517. The lowest BCUT2D eigenvalue weighted by molar-refractivity contribution is -0.116. The molecule has 0 atom stereocenters. The first kappa shape index (κ1) is 23.1. The maximum absolute atomic E-state index is 13.0. The van der Waals surface area contributed by atoms with Crippen LogP contribution in [-0.2, 0) is 14.8 Å². The number of likely N-dealkylation sites (tertiary alicyclic amines) is 1. The molecule has 0 saturated carbocycles. The summed E-state index contributed by atoms with van der Waals surface area (Å²) < 4.78 is 39.5. The van der Waals surface area contributed by atoms with Gasteiger partial charge in [0.05, 0.1) is 5.56 Å². The van der Waals surface area contributed by atoms with Crippen molar-refractivity contribution < 1.29 is 27.5 Å². The number of aromatic amines is 1. The third-order valence-corrected chi connectivity index (χ3v) is 7.30. The molecule has 178 valence electrons. The molecule has 3 N–H and O–H groups in total. The van der Waals surface area contributed by atoms with Crippen LogP contribution >= 0.6 is 0 Å². The van der Waals surface area contributed by atoms with E-state index in [4.69, 9.17) is 9.47 Å². The Labute approximate surface area is 192 Å². The molecule has 1 fully saturated rings. The summed E-state index contributed by atoms with van der Waals surface area (Å²) in [6.45, 7) is 5.36. The SMILES string of the molecule is Cc1[nH]c(C)c(S(=O)(=O)NCCC(=O)Nc2ccc3c(c2)OCCO3)c1C(=O)N1CCCC1. The minimum atomic E-state index is -4.00. The summed E-state index contributed by atoms with van der Waals surface area (Å²) >= 11 is 0. The van der Waals surface area contributed by atoms with Crippen molar-refractivity contribution in [2.24, 2.45) is 0 Å². The van der Waals surface area contributed by atoms with Gasteiger partial charge in [0.25, 0.3) is 5.91 Å². The van der Waals surface area contributed by atoms with Crippen LogP contribution in [0.3, 0.4) is 0 Å². The summed E-state index contributed by atoms with van der Waals surface area (Å²) in [7, 11) is -4.00. The number of anilines is 1. The van der Waals surface area contributed by atoms with Crippen molar-refractivity contribution in [2.45, 2.75) is 38.0 Å². The van der Waals surface area contributed by atoms with Crippen LogP contribution in [0, 0.1) is 13.8 Å². The van der Waals surface area contributed by atoms with Gasteiger partial charge in [-0.25, -0.2) is 13.1 Å². The molecule has 1 aromatic carbocycles. The van der Waals surface area contributed by atoms with Gasteiger partial charge >= 0.3 is 0 Å². The normalized spacial score (nSPS) is 15.5. The van der Waals surface area contributed by atoms with Gasteiger partial charge in [0, 0.05) is 49.2 Å². The average molecular weight is 477 g/mol. The van der Waals surface area contributed by atoms with Gasteiger partial charge in [-0.15, -0.1) is 0 Å². The molecular formula is C22H28N4O6S. The van der Waals surface area contributed by atoms with Crippen LogP contribution in [0.2, 0.25) is 0 Å². The molecule has 0 unspecified atom stereocenters. The van der Waals surface area contributed by atoms with Crippen molar-refractivity contribution in [3.05, 3.63) is 35.2 Å². The Morgan fingerprint density at radius 2 is 1.76 bits per heavy atom. The number of carbonyl (C=O) groups excluding carboxylic acids is 2. The zero-order valence-electron chi connectivity index (χ0n) is 18.7. The second kappa shape index (κ2) is 9.44. The first-order chi connectivity index (χ1) is 15.8. The van der Waals surface area contributed by atoms with Gasteiger partial charge in [0.2, 0.25) is 15.9 Å². The summed E-state index contributed by atoms with van der Waals surface area (Å²) in [6.07, 6.45) is 1.74. The Hall–Kier alpha value is -3.05. The molecule has 2 aliphatic rings. The summed E-state index contributed by atoms with van der Waals surface area (Å²) in [4.78, 5) is 29.9. The number of aryl methyl sites for hydroxylation is 2. The summed E-state index contributed by atoms with van der Waals surface area (Å²) in [6, 6.07) is 5.07. The van der Waals surface area contributed by atoms with E-state index < -0.39 is 10.0 Å². The van der Waals surface area contributed by atoms with Gasteiger partial charge in [-0.1, -0.05) is 0 Å². The Balaban J connectivity index is 1.39. The Kier molecular flexibility index (Phi) is 6.61. The van der Waals surface area contributed by atoms with Crippen molar-refractivity contribution in [1.82, 2.24) is 14.6 Å². The lowest BCUT2D eigenvalue weighted by Gasteiger charge is -2.19. The van der Waals surface area contributed by atoms with Gasteiger partial charge in [0.15, 0.2) is 11.5 Å². The fourth-order valence-electron chi connectivity index (χ4n) is 4.15. The number of aromatic nitrogens is 1. The van der Waals surface area contributed by atoms with Crippen molar-refractivity contribution in [3.63, 3.8) is 0 Å². The monoisotopic (exact) mass is 476 g/mol. The highest BCUT2D eigenvalue weighted by molar-refractivity contribution is 7.89. The zero-order chi connectivity index (χ0) is 23.6. The molecule has 3 heterocycles. The fourth-order valence-corrected chi connectivity index (χ4v) is 5.62. The third kappa shape index (κ3) is 4.98. The molecule has 10 nitrogen and oxygen atoms in total. The quantitative estimate of drug-likeness (QED) is 0.560. The van der Waals surface area contributed by atoms with Crippen molar-refractivity contribution >= 4 is 27.5 Å². The van der Waals surface area contributed by atoms with E-state index in [1.165, 1.54) is 0 Å². The van der Waals surface area contributed by atoms with Crippen LogP contribution in [0.15, 0.2) is 23.1 Å². The summed E-state index contributed by atoms with van der Waals surface area (Å²) in [5.41, 5.74) is 1.61. The maximum Gasteiger partial charge on any atom is 0.257 e. The van der Waals surface area contributed by atoms with Crippen LogP contribution in [0.5, 0.6) is 11.5 Å². The highest BCUT2D eigenvalue weighted by Crippen LogP contribution is 2.32. The van der Waals surface area contributed by atoms with Gasteiger partial charge in [-0.05, 0) is 38.8 Å². The Morgan fingerprint density at radius 3 is 2.48 bits per heavy atom. The molecule has 11 heteroatoms. The second-order valence-electron chi connectivity index (χ2n) is 8.13. The topological polar surface area (TPSA) is 130 Å². The van der Waals surface area contributed by atoms with Crippen molar-refractivity contribution in [3.8, 4) is 11.5 Å². The second-order valence-corrected chi connectivity index (χ2v) is 9.84. The van der Waals surface area contributed by atoms with Crippen LogP contribution in [-0.4, -0.2) is 63.0 Å². The number of fused-ring (bicyclic) bond motifs is 1. The standard InChI is InChI=1S/C22H28N4O6S/c1-14-20(22(28)26-9-3-4-10-26)21(15(2)24-14)33(29,30)23-8-7-19(27)25-16-5-6-17-18(13-16)32-12-11-31-17/h5-6,13,23-24H,3-4,7-12H2,1-2H3,(H,25,27). The molecule has 1 aromatic heterocycles. The minimum Gasteiger partial charge on any atom is -0.486 e. The number of carbonyl (C=O) groups is 2. The first-order valence-corrected chi connectivity index (χ1v) is 12.4. The molecule has 4 rings (SSSR count). The number of H-pyrrole nitrogens is 1. The van der Waals surface area contributed by atoms with Crippen LogP contribution in [0.25, 0.3) is 0 Å². The smallest absolute Gasteiger partial charge is 0.257 e. The van der Waals surface area contributed by atoms with E-state index in [0.29, 0.717) is 54.9 Å². The molecule has 0 bridgehead atoms. The zero-order valence-corrected chi connectivity index (χ0v) is 19.5. The van der Waals surface area contributed by atoms with E-state index >= 15 is 0 Å². The number of rotatable bonds is 7. The van der Waals surface area contributed by atoms with Crippen LogP contribution in [0.4, 0.5) is 5.69 Å². The molecule has 1 saturated heterocycles. The summed E-state index contributed by atoms with van der Waals surface area (Å²) in [5.74, 6) is 0.521. The number of benzene rings is 1. The molecule has 0 aliphatic carbocycles. The van der Waals surface area contributed by atoms with E-state index in [1.54, 1.807) is 36.9 Å². The largest absolute Gasteiger partial charge is 0.486 e. The van der Waals surface area contributed by atoms with Crippen molar-refractivity contribution in [2.75, 3.05) is 38.2 Å². The van der Waals surface area contributed by atoms with Gasteiger partial charge in [0.1, 0.15) is 18.1 Å². The molecule has 2 amide bonds. The molecule has 2 aromatic rings. The van der Waals surface area contributed by atoms with E-state index in [2.05, 4.69) is 15.0 Å².